The zero-order valence-corrected chi connectivity index (χ0v) is 28.8. The fourth-order valence-electron chi connectivity index (χ4n) is 6.08. The maximum atomic E-state index is 2.48. The van der Waals surface area contributed by atoms with Crippen LogP contribution in [0.25, 0.3) is 0 Å². The van der Waals surface area contributed by atoms with Gasteiger partial charge in [0.25, 0.3) is 0 Å². The number of hydrogen-bond donors (Lipinski definition) is 0. The zero-order valence-electron chi connectivity index (χ0n) is 23.9. The van der Waals surface area contributed by atoms with E-state index >= 15 is 0 Å². The molecule has 0 radical (unpaired) electrons. The fraction of sp³-hybridized carbons (Fsp3) is 0.333. The third-order valence-corrected chi connectivity index (χ3v) is 14.1. The van der Waals surface area contributed by atoms with Crippen molar-refractivity contribution in [2.24, 2.45) is 0 Å². The highest BCUT2D eigenvalue weighted by Gasteiger charge is 2.11. The zero-order chi connectivity index (χ0) is 28.1. The summed E-state index contributed by atoms with van der Waals surface area (Å²) in [6.45, 7) is 0. The molecule has 0 nitrogen and oxygen atoms in total. The molecule has 4 heterocycles. The number of rotatable bonds is 0. The van der Waals surface area contributed by atoms with Crippen LogP contribution in [0.2, 0.25) is 0 Å². The van der Waals surface area contributed by atoms with Gasteiger partial charge in [-0.25, -0.2) is 0 Å². The molecule has 4 aliphatic heterocycles. The lowest BCUT2D eigenvalue weighted by atomic mass is 10.1. The first-order valence-corrected chi connectivity index (χ1v) is 21.6. The second-order valence-corrected chi connectivity index (χ2v) is 17.5. The van der Waals surface area contributed by atoms with Gasteiger partial charge in [0.05, 0.1) is 0 Å². The Labute approximate surface area is 277 Å². The van der Waals surface area contributed by atoms with E-state index in [-0.39, 0.29) is 0 Å². The number of hydrogen-bond acceptors (Lipinski definition) is 6. The highest BCUT2D eigenvalue weighted by atomic mass is 32.2. The molecule has 12 bridgehead atoms. The molecule has 8 rings (SSSR count). The van der Waals surface area contributed by atoms with E-state index in [1.165, 1.54) is 66.8 Å². The first-order chi connectivity index (χ1) is 20.7. The lowest BCUT2D eigenvalue weighted by Gasteiger charge is -2.15. The van der Waals surface area contributed by atoms with Crippen LogP contribution in [0.4, 0.5) is 0 Å². The normalized spacial score (nSPS) is 17.7. The van der Waals surface area contributed by atoms with Crippen molar-refractivity contribution in [1.29, 1.82) is 0 Å². The molecule has 0 saturated heterocycles. The van der Waals surface area contributed by atoms with Crippen molar-refractivity contribution in [1.82, 2.24) is 0 Å². The Balaban J connectivity index is 1.35. The molecule has 216 valence electrons. The van der Waals surface area contributed by atoms with Crippen LogP contribution in [0.5, 0.6) is 0 Å². The number of benzene rings is 4. The van der Waals surface area contributed by atoms with Gasteiger partial charge in [0.2, 0.25) is 0 Å². The lowest BCUT2D eigenvalue weighted by molar-refractivity contribution is 1.22. The molecule has 4 aliphatic rings. The summed E-state index contributed by atoms with van der Waals surface area (Å²) in [4.78, 5) is 0. The van der Waals surface area contributed by atoms with Crippen molar-refractivity contribution in [3.05, 3.63) is 140 Å². The van der Waals surface area contributed by atoms with Crippen LogP contribution < -0.4 is 0 Å². The maximum absolute atomic E-state index is 2.48. The van der Waals surface area contributed by atoms with Crippen LogP contribution in [0, 0.1) is 0 Å². The summed E-state index contributed by atoms with van der Waals surface area (Å²) in [5.74, 6) is 12.9. The maximum Gasteiger partial charge on any atom is 0.0188 e. The second-order valence-electron chi connectivity index (χ2n) is 11.6. The molecular weight excluding hydrogens is 625 g/mol. The van der Waals surface area contributed by atoms with Gasteiger partial charge in [-0.1, -0.05) is 72.8 Å². The molecule has 0 fully saturated rings. The summed E-state index contributed by atoms with van der Waals surface area (Å²) in [5, 5.41) is 0. The quantitative estimate of drug-likeness (QED) is 0.183. The van der Waals surface area contributed by atoms with Crippen LogP contribution in [0.15, 0.2) is 72.8 Å². The monoisotopic (exact) mass is 660 g/mol. The third kappa shape index (κ3) is 8.17. The highest BCUT2D eigenvalue weighted by Crippen LogP contribution is 2.32. The predicted molar refractivity (Wildman–Crippen MR) is 196 cm³/mol. The van der Waals surface area contributed by atoms with E-state index in [2.05, 4.69) is 143 Å². The second kappa shape index (κ2) is 14.4. The number of fused-ring (bicyclic) bond motifs is 12. The van der Waals surface area contributed by atoms with Crippen molar-refractivity contribution >= 4 is 70.6 Å². The van der Waals surface area contributed by atoms with E-state index in [0.717, 1.165) is 69.0 Å². The predicted octanol–water partition coefficient (Wildman–Crippen LogP) is 11.2. The Bertz CT molecular complexity index is 1100. The standard InChI is InChI=1S/C36H36S6/c1-25-2-27-3-26(1)14-38-17-29-5-31-9-33(7-29)22-42-24-36-11-34(18-39-15-27)10-35(12-36)23-41-21-32-6-28(16-37-13-25)4-30(8-32)19-40-20-31/h1-12H,13-24H2. The highest BCUT2D eigenvalue weighted by molar-refractivity contribution is 7.98. The molecule has 0 unspecified atom stereocenters. The van der Waals surface area contributed by atoms with Gasteiger partial charge in [0.15, 0.2) is 0 Å². The first-order valence-electron chi connectivity index (χ1n) is 14.6. The molecule has 0 saturated carbocycles. The van der Waals surface area contributed by atoms with E-state index in [4.69, 9.17) is 0 Å². The van der Waals surface area contributed by atoms with Gasteiger partial charge in [-0.3, -0.25) is 0 Å². The Morgan fingerprint density at radius 2 is 0.286 bits per heavy atom. The molecule has 6 heteroatoms. The van der Waals surface area contributed by atoms with E-state index in [0.29, 0.717) is 0 Å². The van der Waals surface area contributed by atoms with Crippen LogP contribution in [0.3, 0.4) is 0 Å². The molecule has 0 aromatic heterocycles. The van der Waals surface area contributed by atoms with Crippen molar-refractivity contribution in [3.63, 3.8) is 0 Å². The van der Waals surface area contributed by atoms with E-state index < -0.39 is 0 Å². The van der Waals surface area contributed by atoms with Crippen molar-refractivity contribution in [3.8, 4) is 0 Å². The molecule has 4 aromatic carbocycles. The van der Waals surface area contributed by atoms with E-state index in [1.807, 2.05) is 0 Å². The molecule has 0 amide bonds. The Morgan fingerprint density at radius 1 is 0.190 bits per heavy atom. The van der Waals surface area contributed by atoms with Gasteiger partial charge in [-0.05, 0) is 66.8 Å². The van der Waals surface area contributed by atoms with E-state index in [9.17, 15) is 0 Å². The van der Waals surface area contributed by atoms with Crippen LogP contribution in [-0.4, -0.2) is 0 Å². The number of thioether (sulfide) groups is 6. The minimum Gasteiger partial charge on any atom is -0.152 e. The van der Waals surface area contributed by atoms with Gasteiger partial charge in [0, 0.05) is 69.0 Å². The van der Waals surface area contributed by atoms with Crippen LogP contribution in [-0.2, 0) is 69.0 Å². The van der Waals surface area contributed by atoms with Crippen molar-refractivity contribution < 1.29 is 0 Å². The SMILES string of the molecule is c1c2cc3cc1CSCc1cc4cc(c1)CSCc1cc(cc(c1)CSCc1cc(cc(c1)CSC4)CSC2)CSC3. The smallest absolute Gasteiger partial charge is 0.0188 e. The minimum atomic E-state index is 1.08. The minimum absolute atomic E-state index is 1.08. The average Bonchev–Trinajstić information content (AvgIpc) is 2.96. The summed E-state index contributed by atoms with van der Waals surface area (Å²) >= 11 is 12.5. The molecule has 42 heavy (non-hydrogen) atoms. The van der Waals surface area contributed by atoms with E-state index in [1.54, 1.807) is 0 Å². The van der Waals surface area contributed by atoms with Crippen LogP contribution in [0.1, 0.15) is 66.8 Å². The van der Waals surface area contributed by atoms with Gasteiger partial charge in [-0.15, -0.1) is 0 Å². The Morgan fingerprint density at radius 3 is 0.381 bits per heavy atom. The summed E-state index contributed by atoms with van der Waals surface area (Å²) in [5.41, 5.74) is 17.8. The van der Waals surface area contributed by atoms with Crippen LogP contribution >= 0.6 is 70.6 Å². The summed E-state index contributed by atoms with van der Waals surface area (Å²) in [6.07, 6.45) is 0. The summed E-state index contributed by atoms with van der Waals surface area (Å²) < 4.78 is 0. The first kappa shape index (κ1) is 29.7. The third-order valence-electron chi connectivity index (χ3n) is 7.67. The van der Waals surface area contributed by atoms with Gasteiger partial charge in [0.1, 0.15) is 0 Å². The molecule has 0 aliphatic carbocycles. The fourth-order valence-corrected chi connectivity index (χ4v) is 11.5. The lowest BCUT2D eigenvalue weighted by Crippen LogP contribution is -1.97. The largest absolute Gasteiger partial charge is 0.152 e. The van der Waals surface area contributed by atoms with Crippen molar-refractivity contribution in [2.45, 2.75) is 69.0 Å². The van der Waals surface area contributed by atoms with Gasteiger partial charge in [-0.2, -0.15) is 70.6 Å². The summed E-state index contributed by atoms with van der Waals surface area (Å²) in [7, 11) is 0. The molecular formula is C36H36S6. The molecule has 0 N–H and O–H groups in total. The molecule has 0 atom stereocenters. The average molecular weight is 661 g/mol. The summed E-state index contributed by atoms with van der Waals surface area (Å²) in [6, 6.07) is 29.8. The molecule has 4 aromatic rings. The topological polar surface area (TPSA) is 0 Å². The molecule has 0 spiro atoms. The Hall–Kier alpha value is -1.02. The van der Waals surface area contributed by atoms with Crippen molar-refractivity contribution in [2.75, 3.05) is 0 Å². The Kier molecular flexibility index (Phi) is 10.2. The van der Waals surface area contributed by atoms with Gasteiger partial charge < -0.3 is 0 Å². The van der Waals surface area contributed by atoms with Gasteiger partial charge >= 0.3 is 0 Å².